The van der Waals surface area contributed by atoms with Crippen LogP contribution in [-0.2, 0) is 0 Å². The third-order valence-electron chi connectivity index (χ3n) is 3.24. The summed E-state index contributed by atoms with van der Waals surface area (Å²) in [5.74, 6) is 0.773. The van der Waals surface area contributed by atoms with Crippen LogP contribution in [0.2, 0.25) is 0 Å². The zero-order valence-corrected chi connectivity index (χ0v) is 10.5. The molecule has 0 fully saturated rings. The van der Waals surface area contributed by atoms with Crippen molar-refractivity contribution in [3.05, 3.63) is 55.1 Å². The largest absolute Gasteiger partial charge is 0.346 e. The summed E-state index contributed by atoms with van der Waals surface area (Å²) in [7, 11) is 0. The van der Waals surface area contributed by atoms with Crippen molar-refractivity contribution in [2.24, 2.45) is 0 Å². The maximum absolute atomic E-state index is 4.43. The van der Waals surface area contributed by atoms with Gasteiger partial charge < -0.3 is 10.3 Å². The number of nitrogens with one attached hydrogen (secondary N) is 2. The number of aromatic nitrogens is 4. The van der Waals surface area contributed by atoms with Crippen LogP contribution in [0.4, 0.5) is 11.5 Å². The average Bonchev–Trinajstić information content (AvgIpc) is 2.97. The van der Waals surface area contributed by atoms with Crippen molar-refractivity contribution in [1.82, 2.24) is 19.9 Å². The van der Waals surface area contributed by atoms with E-state index in [9.17, 15) is 0 Å². The lowest BCUT2D eigenvalue weighted by Crippen LogP contribution is -1.96. The van der Waals surface area contributed by atoms with Gasteiger partial charge in [-0.2, -0.15) is 0 Å². The molecule has 0 unspecified atom stereocenters. The molecule has 0 spiro atoms. The van der Waals surface area contributed by atoms with Crippen LogP contribution in [0.15, 0.2) is 55.1 Å². The molecule has 0 saturated carbocycles. The molecule has 96 valence electrons. The van der Waals surface area contributed by atoms with E-state index in [0.29, 0.717) is 0 Å². The highest BCUT2D eigenvalue weighted by atomic mass is 15.0. The van der Waals surface area contributed by atoms with E-state index in [2.05, 4.69) is 25.3 Å². The lowest BCUT2D eigenvalue weighted by molar-refractivity contribution is 1.20. The maximum Gasteiger partial charge on any atom is 0.143 e. The number of anilines is 2. The van der Waals surface area contributed by atoms with Crippen LogP contribution < -0.4 is 5.32 Å². The predicted octanol–water partition coefficient (Wildman–Crippen LogP) is 3.25. The van der Waals surface area contributed by atoms with Gasteiger partial charge in [0, 0.05) is 17.8 Å². The van der Waals surface area contributed by atoms with Gasteiger partial charge >= 0.3 is 0 Å². The number of hydrogen-bond donors (Lipinski definition) is 2. The van der Waals surface area contributed by atoms with Gasteiger partial charge in [0.25, 0.3) is 0 Å². The second kappa shape index (κ2) is 4.31. The van der Waals surface area contributed by atoms with Gasteiger partial charge in [-0.25, -0.2) is 9.97 Å². The molecule has 1 aromatic carbocycles. The maximum atomic E-state index is 4.43. The molecule has 0 atom stereocenters. The molecular formula is C15H11N5. The first kappa shape index (κ1) is 10.9. The van der Waals surface area contributed by atoms with Crippen LogP contribution in [0.3, 0.4) is 0 Å². The molecule has 0 amide bonds. The molecule has 4 aromatic rings. The number of H-pyrrole nitrogens is 1. The Kier molecular flexibility index (Phi) is 2.35. The van der Waals surface area contributed by atoms with Crippen molar-refractivity contribution in [3.8, 4) is 0 Å². The quantitative estimate of drug-likeness (QED) is 0.581. The second-order valence-electron chi connectivity index (χ2n) is 4.47. The minimum absolute atomic E-state index is 0.773. The van der Waals surface area contributed by atoms with Crippen molar-refractivity contribution >= 4 is 33.4 Å². The molecule has 0 saturated heterocycles. The number of pyridine rings is 1. The zero-order valence-electron chi connectivity index (χ0n) is 10.5. The first-order valence-corrected chi connectivity index (χ1v) is 6.31. The summed E-state index contributed by atoms with van der Waals surface area (Å²) in [6.07, 6.45) is 5.19. The van der Waals surface area contributed by atoms with Crippen molar-refractivity contribution < 1.29 is 0 Å². The molecule has 3 aromatic heterocycles. The fourth-order valence-electron chi connectivity index (χ4n) is 2.30. The Morgan fingerprint density at radius 1 is 0.950 bits per heavy atom. The van der Waals surface area contributed by atoms with Gasteiger partial charge in [-0.3, -0.25) is 4.98 Å². The van der Waals surface area contributed by atoms with Crippen molar-refractivity contribution in [3.63, 3.8) is 0 Å². The Morgan fingerprint density at radius 2 is 1.90 bits per heavy atom. The van der Waals surface area contributed by atoms with E-state index >= 15 is 0 Å². The summed E-state index contributed by atoms with van der Waals surface area (Å²) < 4.78 is 0. The third kappa shape index (κ3) is 1.68. The molecule has 0 aliphatic heterocycles. The van der Waals surface area contributed by atoms with Gasteiger partial charge in [0.2, 0.25) is 0 Å². The summed E-state index contributed by atoms with van der Waals surface area (Å²) in [4.78, 5) is 16.0. The van der Waals surface area contributed by atoms with E-state index in [0.717, 1.165) is 33.4 Å². The standard InChI is InChI=1S/C15H11N5/c1-3-10-4-2-7-16-13(10)12(5-1)20-15-11-6-8-17-14(11)18-9-19-15/h1-9H,(H2,17,18,19,20). The third-order valence-corrected chi connectivity index (χ3v) is 3.24. The van der Waals surface area contributed by atoms with Crippen LogP contribution in [0.25, 0.3) is 21.9 Å². The Morgan fingerprint density at radius 3 is 2.90 bits per heavy atom. The average molecular weight is 261 g/mol. The van der Waals surface area contributed by atoms with Crippen LogP contribution in [0.5, 0.6) is 0 Å². The molecule has 0 radical (unpaired) electrons. The lowest BCUT2D eigenvalue weighted by Gasteiger charge is -2.08. The SMILES string of the molecule is c1cnc2c(Nc3ncnc4[nH]ccc34)cccc2c1. The van der Waals surface area contributed by atoms with Crippen molar-refractivity contribution in [2.75, 3.05) is 5.32 Å². The number of benzene rings is 1. The van der Waals surface area contributed by atoms with E-state index in [1.807, 2.05) is 42.6 Å². The fourth-order valence-corrected chi connectivity index (χ4v) is 2.30. The lowest BCUT2D eigenvalue weighted by atomic mass is 10.2. The smallest absolute Gasteiger partial charge is 0.143 e. The Hall–Kier alpha value is -2.95. The molecule has 0 bridgehead atoms. The Balaban J connectivity index is 1.87. The van der Waals surface area contributed by atoms with Crippen LogP contribution in [0.1, 0.15) is 0 Å². The topological polar surface area (TPSA) is 66.5 Å². The van der Waals surface area contributed by atoms with Crippen molar-refractivity contribution in [2.45, 2.75) is 0 Å². The number of rotatable bonds is 2. The molecule has 3 heterocycles. The van der Waals surface area contributed by atoms with Gasteiger partial charge in [0.15, 0.2) is 0 Å². The summed E-state index contributed by atoms with van der Waals surface area (Å²) in [5.41, 5.74) is 2.68. The first-order valence-electron chi connectivity index (χ1n) is 6.31. The molecule has 5 heteroatoms. The van der Waals surface area contributed by atoms with E-state index in [1.165, 1.54) is 0 Å². The minimum Gasteiger partial charge on any atom is -0.346 e. The first-order chi connectivity index (χ1) is 9.92. The van der Waals surface area contributed by atoms with E-state index in [1.54, 1.807) is 12.5 Å². The normalized spacial score (nSPS) is 11.0. The molecule has 4 rings (SSSR count). The number of fused-ring (bicyclic) bond motifs is 2. The van der Waals surface area contributed by atoms with Gasteiger partial charge in [-0.1, -0.05) is 18.2 Å². The van der Waals surface area contributed by atoms with E-state index < -0.39 is 0 Å². The number of hydrogen-bond acceptors (Lipinski definition) is 4. The highest BCUT2D eigenvalue weighted by molar-refractivity contribution is 5.95. The van der Waals surface area contributed by atoms with Gasteiger partial charge in [-0.05, 0) is 18.2 Å². The second-order valence-corrected chi connectivity index (χ2v) is 4.47. The van der Waals surface area contributed by atoms with Crippen LogP contribution >= 0.6 is 0 Å². The zero-order chi connectivity index (χ0) is 13.4. The highest BCUT2D eigenvalue weighted by Gasteiger charge is 2.07. The summed E-state index contributed by atoms with van der Waals surface area (Å²) in [5, 5.41) is 5.40. The summed E-state index contributed by atoms with van der Waals surface area (Å²) in [6, 6.07) is 12.0. The molecule has 5 nitrogen and oxygen atoms in total. The van der Waals surface area contributed by atoms with Gasteiger partial charge in [0.1, 0.15) is 17.8 Å². The summed E-state index contributed by atoms with van der Waals surface area (Å²) >= 11 is 0. The van der Waals surface area contributed by atoms with Gasteiger partial charge in [0.05, 0.1) is 16.6 Å². The monoisotopic (exact) mass is 261 g/mol. The molecule has 0 aliphatic rings. The van der Waals surface area contributed by atoms with Crippen LogP contribution in [-0.4, -0.2) is 19.9 Å². The fraction of sp³-hybridized carbons (Fsp3) is 0. The van der Waals surface area contributed by atoms with Crippen LogP contribution in [0, 0.1) is 0 Å². The Labute approximate surface area is 114 Å². The predicted molar refractivity (Wildman–Crippen MR) is 78.9 cm³/mol. The number of nitrogens with zero attached hydrogens (tertiary/aromatic N) is 3. The minimum atomic E-state index is 0.773. The molecule has 2 N–H and O–H groups in total. The number of para-hydroxylation sites is 1. The summed E-state index contributed by atoms with van der Waals surface area (Å²) in [6.45, 7) is 0. The van der Waals surface area contributed by atoms with E-state index in [-0.39, 0.29) is 0 Å². The van der Waals surface area contributed by atoms with Crippen molar-refractivity contribution in [1.29, 1.82) is 0 Å². The van der Waals surface area contributed by atoms with E-state index in [4.69, 9.17) is 0 Å². The number of aromatic amines is 1. The molecule has 0 aliphatic carbocycles. The highest BCUT2D eigenvalue weighted by Crippen LogP contribution is 2.26. The molecular weight excluding hydrogens is 250 g/mol. The molecule has 20 heavy (non-hydrogen) atoms. The van der Waals surface area contributed by atoms with Gasteiger partial charge in [-0.15, -0.1) is 0 Å². The Bertz CT molecular complexity index is 891.